The van der Waals surface area contributed by atoms with E-state index in [0.717, 1.165) is 54.0 Å². The molecule has 0 radical (unpaired) electrons. The summed E-state index contributed by atoms with van der Waals surface area (Å²) in [6.07, 6.45) is -0.958. The van der Waals surface area contributed by atoms with Gasteiger partial charge in [-0.25, -0.2) is 41.9 Å². The van der Waals surface area contributed by atoms with Gasteiger partial charge in [-0.05, 0) is 227 Å². The maximum absolute atomic E-state index is 13.3. The first-order valence-corrected chi connectivity index (χ1v) is 49.4. The van der Waals surface area contributed by atoms with E-state index in [4.69, 9.17) is 19.0 Å². The number of nitrogens with zero attached hydrogens (tertiary/aromatic N) is 8. The van der Waals surface area contributed by atoms with Crippen LogP contribution in [-0.4, -0.2) is 164 Å². The summed E-state index contributed by atoms with van der Waals surface area (Å²) in [4.78, 5) is 90.8. The zero-order chi connectivity index (χ0) is 100. The largest absolute Gasteiger partial charge is 0.497 e. The minimum absolute atomic E-state index is 0.0564. The summed E-state index contributed by atoms with van der Waals surface area (Å²) in [5.41, 5.74) is 5.92. The van der Waals surface area contributed by atoms with E-state index in [1.54, 1.807) is 188 Å². The highest BCUT2D eigenvalue weighted by molar-refractivity contribution is 7.93. The first kappa shape index (κ1) is 103. The van der Waals surface area contributed by atoms with Crippen LogP contribution in [0.5, 0.6) is 5.75 Å². The molecule has 730 valence electrons. The first-order chi connectivity index (χ1) is 66.2. The normalized spacial score (nSPS) is 14.7. The summed E-state index contributed by atoms with van der Waals surface area (Å²) in [5, 5.41) is 56.4. The van der Waals surface area contributed by atoms with E-state index >= 15 is 0 Å². The molecule has 3 aromatic heterocycles. The topological polar surface area (TPSA) is 459 Å². The highest BCUT2D eigenvalue weighted by Crippen LogP contribution is 2.52. The number of aliphatic hydroxyl groups is 3. The van der Waals surface area contributed by atoms with Crippen molar-refractivity contribution in [2.75, 3.05) is 106 Å². The van der Waals surface area contributed by atoms with Gasteiger partial charge in [0, 0.05) is 120 Å². The van der Waals surface area contributed by atoms with Gasteiger partial charge < -0.3 is 77.4 Å². The van der Waals surface area contributed by atoms with Gasteiger partial charge in [0.25, 0.3) is 0 Å². The third-order valence-electron chi connectivity index (χ3n) is 22.1. The zero-order valence-corrected chi connectivity index (χ0v) is 79.4. The van der Waals surface area contributed by atoms with Crippen LogP contribution in [0, 0.1) is 4.78 Å². The number of carbonyl (C=O) groups is 5. The number of halogens is 6. The summed E-state index contributed by atoms with van der Waals surface area (Å²) in [5.74, 6) is 2.19. The third kappa shape index (κ3) is 27.5. The van der Waals surface area contributed by atoms with E-state index < -0.39 is 81.6 Å². The molecule has 6 atom stereocenters. The first-order valence-electron chi connectivity index (χ1n) is 43.8. The van der Waals surface area contributed by atoms with Crippen LogP contribution in [0.15, 0.2) is 260 Å². The van der Waals surface area contributed by atoms with Gasteiger partial charge in [-0.1, -0.05) is 91.9 Å². The number of hydrogen-bond donors (Lipinski definition) is 13. The molecule has 12 aromatic rings. The van der Waals surface area contributed by atoms with Gasteiger partial charge in [0.15, 0.2) is 0 Å². The molecule has 14 rings (SSSR count). The Labute approximate surface area is 799 Å². The number of alkyl halides is 6. The molecule has 3 heterocycles. The van der Waals surface area contributed by atoms with Crippen molar-refractivity contribution in [3.8, 4) is 39.1 Å². The van der Waals surface area contributed by atoms with Crippen LogP contribution in [0.1, 0.15) is 95.0 Å². The molecule has 9 aromatic carbocycles. The lowest BCUT2D eigenvalue weighted by Crippen LogP contribution is -2.28. The van der Waals surface area contributed by atoms with Gasteiger partial charge in [0.05, 0.1) is 97.7 Å². The molecular formula is C98H104F6N18O14S3. The molecule has 6 unspecified atom stereocenters. The van der Waals surface area contributed by atoms with Crippen LogP contribution in [0.4, 0.5) is 105 Å². The fraction of sp³-hybridized carbons (Fsp3) is 0.276. The maximum atomic E-state index is 13.3. The van der Waals surface area contributed by atoms with Gasteiger partial charge in [-0.2, -0.15) is 41.3 Å². The Morgan fingerprint density at radius 2 is 0.777 bits per heavy atom. The Morgan fingerprint density at radius 1 is 0.446 bits per heavy atom. The molecule has 0 bridgehead atoms. The fourth-order valence-electron chi connectivity index (χ4n) is 14.1. The molecule has 0 saturated heterocycles. The highest BCUT2D eigenvalue weighted by Gasteiger charge is 2.53. The second-order valence-corrected chi connectivity index (χ2v) is 39.6. The second kappa shape index (κ2) is 45.2. The van der Waals surface area contributed by atoms with Crippen LogP contribution in [0.25, 0.3) is 33.4 Å². The Bertz CT molecular complexity index is 6790. The molecule has 139 heavy (non-hydrogen) atoms. The van der Waals surface area contributed by atoms with Crippen molar-refractivity contribution >= 4 is 129 Å². The number of ether oxygens (including phenoxy) is 3. The number of amides is 5. The van der Waals surface area contributed by atoms with Gasteiger partial charge in [-0.3, -0.25) is 14.4 Å². The zero-order valence-electron chi connectivity index (χ0n) is 76.9. The van der Waals surface area contributed by atoms with Crippen LogP contribution < -0.4 is 52.6 Å². The van der Waals surface area contributed by atoms with Gasteiger partial charge >= 0.3 is 24.5 Å². The Hall–Kier alpha value is -14.5. The fourth-order valence-corrected chi connectivity index (χ4v) is 17.2. The SMILES string of the molecule is CCOC(=O)N=S(C)(=O)c1ccc(Nc2ncc(-c3ccc(NC(=O)C4(c5cccc(C(F)(F)F)c5)CC4)cc3)c(NC(C)CO)n2)cc1.CCOC(=O)N=S(C)(=O)c1ccc(Nc2ncc(-c3ccc(NC(=O)C4(c5cccc(OC)c5)CC4)cc3)c(NC(C)CO)n2)cc1.CCS(=N)(=O)c1ccc(Nc2ncc(-c3ccc(NC(=O)Cc4cccc(C(F)(F)F)c4)cc3)c(NC(C)CO)n2)cc1. The molecule has 41 heteroatoms. The Morgan fingerprint density at radius 3 is 1.12 bits per heavy atom. The monoisotopic (exact) mass is 1970 g/mol. The standard InChI is InChI=1S/C34H35F3N6O5S.C34H38N6O6S.C30H31F3N6O3S/c1-4-48-32(46)43-49(3,47)27-14-12-26(13-15-27)41-31-38-19-28(29(42-31)39-21(2)20-44)22-8-10-25(11-9-22)40-30(45)33(16-17-33)23-6-5-7-24(18-23)34(35,36)37;1-5-46-33(43)40-47(4,44)28-15-13-26(14-16-28)38-32-35-20-29(30(39-32)36-22(2)21-41)23-9-11-25(12-10-23)37-31(42)34(17-18-34)24-7-6-8-27(19-24)45-3;1-3-43(34,42)25-13-11-24(12-14-25)38-29-35-17-26(28(39-29)36-19(2)18-40)21-7-9-23(10-8-21)37-27(41)16-20-5-4-6-22(15-20)30(31,32)33/h5-15,18-19,21,44H,4,16-17,20H2,1-3H3,(H,40,45)(H2,38,39,41,42);6-16,19-20,22,41H,5,17-18,21H2,1-4H3,(H,37,42)(H2,35,36,38,39);4-15,17,19,34,40H,3,16,18H2,1-2H3,(H,37,41)(H2,35,36,38,39). The predicted molar refractivity (Wildman–Crippen MR) is 523 cm³/mol. The van der Waals surface area contributed by atoms with Crippen LogP contribution in [0.3, 0.4) is 0 Å². The van der Waals surface area contributed by atoms with Crippen LogP contribution >= 0.6 is 0 Å². The Kier molecular flexibility index (Phi) is 33.6. The van der Waals surface area contributed by atoms with Crippen molar-refractivity contribution in [2.24, 2.45) is 8.73 Å². The lowest BCUT2D eigenvalue weighted by Gasteiger charge is -2.18. The van der Waals surface area contributed by atoms with Crippen molar-refractivity contribution in [3.63, 3.8) is 0 Å². The number of anilines is 12. The second-order valence-electron chi connectivity index (χ2n) is 32.7. The quantitative estimate of drug-likeness (QED) is 0.0167. The lowest BCUT2D eigenvalue weighted by molar-refractivity contribution is -0.138. The molecular weight excluding hydrogens is 1860 g/mol. The van der Waals surface area contributed by atoms with Crippen molar-refractivity contribution < 1.29 is 92.5 Å². The average molecular weight is 1970 g/mol. The molecule has 2 saturated carbocycles. The molecule has 0 aliphatic heterocycles. The third-order valence-corrected chi connectivity index (χ3v) is 27.2. The smallest absolute Gasteiger partial charge is 0.442 e. The molecule has 2 aliphatic rings. The number of carbonyl (C=O) groups excluding carboxylic acids is 5. The number of rotatable bonds is 34. The molecule has 0 spiro atoms. The minimum atomic E-state index is -4.50. The van der Waals surface area contributed by atoms with E-state index in [-0.39, 0.29) is 92.6 Å². The maximum Gasteiger partial charge on any atom is 0.442 e. The summed E-state index contributed by atoms with van der Waals surface area (Å²) in [6.45, 7) is 10.2. The summed E-state index contributed by atoms with van der Waals surface area (Å²) < 4.78 is 147. The highest BCUT2D eigenvalue weighted by atomic mass is 32.2. The average Bonchev–Trinajstić information content (AvgIpc) is 1.61. The lowest BCUT2D eigenvalue weighted by atomic mass is 9.93. The molecule has 32 nitrogen and oxygen atoms in total. The summed E-state index contributed by atoms with van der Waals surface area (Å²) in [6, 6.07) is 57.0. The summed E-state index contributed by atoms with van der Waals surface area (Å²) in [7, 11) is -7.22. The van der Waals surface area contributed by atoms with Gasteiger partial charge in [-0.15, -0.1) is 8.73 Å². The number of nitrogens with one attached hydrogen (secondary N) is 10. The minimum Gasteiger partial charge on any atom is -0.497 e. The van der Waals surface area contributed by atoms with E-state index in [9.17, 15) is 78.3 Å². The Balaban J connectivity index is 0.000000187. The van der Waals surface area contributed by atoms with E-state index in [0.29, 0.717) is 118 Å². The number of benzene rings is 9. The summed E-state index contributed by atoms with van der Waals surface area (Å²) >= 11 is 0. The van der Waals surface area contributed by atoms with Crippen LogP contribution in [0.2, 0.25) is 0 Å². The molecule has 5 amide bonds. The van der Waals surface area contributed by atoms with E-state index in [2.05, 4.69) is 86.5 Å². The predicted octanol–water partition coefficient (Wildman–Crippen LogP) is 19.3. The van der Waals surface area contributed by atoms with E-state index in [1.165, 1.54) is 30.7 Å². The van der Waals surface area contributed by atoms with Crippen molar-refractivity contribution in [3.05, 3.63) is 265 Å². The number of aromatic nitrogens is 6. The number of hydrogen-bond acceptors (Lipinski definition) is 27. The number of aliphatic hydroxyl groups excluding tert-OH is 3. The van der Waals surface area contributed by atoms with Crippen LogP contribution in [-0.2, 0) is 82.6 Å². The number of methoxy groups -OCH3 is 1. The molecule has 13 N–H and O–H groups in total. The van der Waals surface area contributed by atoms with E-state index in [1.807, 2.05) is 55.5 Å². The van der Waals surface area contributed by atoms with Crippen molar-refractivity contribution in [2.45, 2.75) is 130 Å². The van der Waals surface area contributed by atoms with Crippen molar-refractivity contribution in [1.29, 1.82) is 4.78 Å². The van der Waals surface area contributed by atoms with Gasteiger partial charge in [0.1, 0.15) is 23.2 Å². The molecule has 2 aliphatic carbocycles. The molecule has 2 fully saturated rings. The van der Waals surface area contributed by atoms with Gasteiger partial charge in [0.2, 0.25) is 35.6 Å². The van der Waals surface area contributed by atoms with Crippen molar-refractivity contribution in [1.82, 2.24) is 29.9 Å².